The third-order valence-corrected chi connectivity index (χ3v) is 6.70. The Morgan fingerprint density at radius 1 is 0.971 bits per heavy atom. The van der Waals surface area contributed by atoms with E-state index in [1.807, 2.05) is 37.4 Å². The normalized spacial score (nSPS) is 15.9. The van der Waals surface area contributed by atoms with Crippen LogP contribution in [0.15, 0.2) is 60.4 Å². The number of hydrogen-bond acceptors (Lipinski definition) is 5. The molecular weight excluding hydrogens is 448 g/mol. The molecule has 0 saturated heterocycles. The van der Waals surface area contributed by atoms with Crippen molar-refractivity contribution in [3.63, 3.8) is 0 Å². The molecule has 0 saturated carbocycles. The summed E-state index contributed by atoms with van der Waals surface area (Å²) in [6.07, 6.45) is 1.71. The molecule has 1 heterocycles. The fourth-order valence-electron chi connectivity index (χ4n) is 4.57. The minimum absolute atomic E-state index is 0.0504. The van der Waals surface area contributed by atoms with Gasteiger partial charge in [-0.05, 0) is 80.6 Å². The highest BCUT2D eigenvalue weighted by molar-refractivity contribution is 6.33. The van der Waals surface area contributed by atoms with E-state index >= 15 is 0 Å². The van der Waals surface area contributed by atoms with Crippen molar-refractivity contribution in [2.75, 3.05) is 4.90 Å². The maximum absolute atomic E-state index is 10.8. The predicted molar refractivity (Wildman–Crippen MR) is 138 cm³/mol. The number of rotatable bonds is 5. The lowest BCUT2D eigenvalue weighted by atomic mass is 9.97. The van der Waals surface area contributed by atoms with Crippen molar-refractivity contribution in [3.05, 3.63) is 93.3 Å². The van der Waals surface area contributed by atoms with E-state index in [1.165, 1.54) is 0 Å². The van der Waals surface area contributed by atoms with Crippen LogP contribution in [0.1, 0.15) is 47.8 Å². The van der Waals surface area contributed by atoms with Crippen molar-refractivity contribution in [2.24, 2.45) is 0 Å². The first-order valence-electron chi connectivity index (χ1n) is 11.3. The summed E-state index contributed by atoms with van der Waals surface area (Å²) in [6.45, 7) is 9.48. The van der Waals surface area contributed by atoms with Crippen LogP contribution < -0.4 is 10.2 Å². The average Bonchev–Trinajstić information content (AvgIpc) is 3.18. The van der Waals surface area contributed by atoms with Gasteiger partial charge in [0.25, 0.3) is 0 Å². The smallest absolute Gasteiger partial charge is 0.130 e. The van der Waals surface area contributed by atoms with Crippen LogP contribution in [-0.2, 0) is 6.61 Å². The molecule has 34 heavy (non-hydrogen) atoms. The Hall–Kier alpha value is -2.99. The number of aromatic hydroxyl groups is 1. The molecule has 0 unspecified atom stereocenters. The highest BCUT2D eigenvalue weighted by Gasteiger charge is 2.35. The summed E-state index contributed by atoms with van der Waals surface area (Å²) in [4.78, 5) is 2.09. The molecule has 3 aromatic rings. The van der Waals surface area contributed by atoms with Crippen molar-refractivity contribution in [3.8, 4) is 16.9 Å². The number of halogens is 1. The van der Waals surface area contributed by atoms with E-state index in [-0.39, 0.29) is 18.5 Å². The number of hydrogen-bond donors (Lipinski definition) is 4. The highest BCUT2D eigenvalue weighted by Crippen LogP contribution is 2.43. The number of aliphatic hydroxyl groups excluding tert-OH is 1. The average molecular weight is 479 g/mol. The summed E-state index contributed by atoms with van der Waals surface area (Å²) >= 11 is 6.89. The molecule has 1 aliphatic rings. The van der Waals surface area contributed by atoms with Gasteiger partial charge in [0.15, 0.2) is 0 Å². The van der Waals surface area contributed by atoms with Crippen LogP contribution >= 0.6 is 11.6 Å². The molecule has 4 rings (SSSR count). The summed E-state index contributed by atoms with van der Waals surface area (Å²) in [5.41, 5.74) is 7.07. The third kappa shape index (κ3) is 4.39. The second-order valence-corrected chi connectivity index (χ2v) is 9.89. The topological polar surface area (TPSA) is 76.0 Å². The van der Waals surface area contributed by atoms with Crippen molar-refractivity contribution in [1.29, 1.82) is 0 Å². The van der Waals surface area contributed by atoms with Crippen molar-refractivity contribution in [1.82, 2.24) is 5.32 Å². The molecule has 0 aromatic heterocycles. The summed E-state index contributed by atoms with van der Waals surface area (Å²) < 4.78 is 0. The monoisotopic (exact) mass is 478 g/mol. The van der Waals surface area contributed by atoms with Crippen molar-refractivity contribution in [2.45, 2.75) is 53.0 Å². The zero-order valence-electron chi connectivity index (χ0n) is 20.1. The first-order chi connectivity index (χ1) is 16.0. The number of benzene rings is 3. The molecule has 5 nitrogen and oxygen atoms in total. The second kappa shape index (κ2) is 8.99. The third-order valence-electron chi connectivity index (χ3n) is 6.41. The van der Waals surface area contributed by atoms with Gasteiger partial charge < -0.3 is 25.5 Å². The van der Waals surface area contributed by atoms with Gasteiger partial charge >= 0.3 is 0 Å². The van der Waals surface area contributed by atoms with Crippen LogP contribution in [0.4, 0.5) is 5.69 Å². The quantitative estimate of drug-likeness (QED) is 0.370. The van der Waals surface area contributed by atoms with E-state index in [1.54, 1.807) is 26.0 Å². The molecule has 0 radical (unpaired) electrons. The molecular formula is C28H31ClN2O3. The Morgan fingerprint density at radius 2 is 1.65 bits per heavy atom. The maximum atomic E-state index is 10.8. The van der Waals surface area contributed by atoms with Gasteiger partial charge in [0.05, 0.1) is 28.6 Å². The Balaban J connectivity index is 1.83. The SMILES string of the molecule is Cc1cccc(C)c1[C@@H]1NC(C(C)(C)O)=CN1c1c(C)cc(-c2ccc(CO)c(O)c2)cc1Cl. The highest BCUT2D eigenvalue weighted by atomic mass is 35.5. The minimum Gasteiger partial charge on any atom is -0.508 e. The van der Waals surface area contributed by atoms with Gasteiger partial charge in [-0.25, -0.2) is 0 Å². The first kappa shape index (κ1) is 24.1. The van der Waals surface area contributed by atoms with Gasteiger partial charge in [0, 0.05) is 17.3 Å². The number of phenols is 1. The van der Waals surface area contributed by atoms with Crippen LogP contribution in [0.25, 0.3) is 11.1 Å². The van der Waals surface area contributed by atoms with Crippen molar-refractivity contribution >= 4 is 17.3 Å². The molecule has 0 fully saturated rings. The van der Waals surface area contributed by atoms with E-state index < -0.39 is 5.60 Å². The summed E-state index contributed by atoms with van der Waals surface area (Å²) in [6, 6.07) is 15.3. The van der Waals surface area contributed by atoms with E-state index in [0.29, 0.717) is 16.3 Å². The summed E-state index contributed by atoms with van der Waals surface area (Å²) in [7, 11) is 0. The fourth-order valence-corrected chi connectivity index (χ4v) is 4.94. The molecule has 0 amide bonds. The number of aryl methyl sites for hydroxylation is 3. The number of anilines is 1. The molecule has 0 bridgehead atoms. The van der Waals surface area contributed by atoms with E-state index in [4.69, 9.17) is 11.6 Å². The van der Waals surface area contributed by atoms with Crippen LogP contribution in [0.5, 0.6) is 5.75 Å². The van der Waals surface area contributed by atoms with Crippen LogP contribution in [0, 0.1) is 20.8 Å². The fraction of sp³-hybridized carbons (Fsp3) is 0.286. The lowest BCUT2D eigenvalue weighted by Crippen LogP contribution is -2.34. The number of nitrogens with one attached hydrogen (secondary N) is 1. The second-order valence-electron chi connectivity index (χ2n) is 9.49. The van der Waals surface area contributed by atoms with Crippen LogP contribution in [0.3, 0.4) is 0 Å². The largest absolute Gasteiger partial charge is 0.508 e. The Kier molecular flexibility index (Phi) is 6.38. The van der Waals surface area contributed by atoms with Gasteiger partial charge in [0.2, 0.25) is 0 Å². The predicted octanol–water partition coefficient (Wildman–Crippen LogP) is 5.85. The molecule has 178 valence electrons. The van der Waals surface area contributed by atoms with Crippen LogP contribution in [-0.4, -0.2) is 20.9 Å². The minimum atomic E-state index is -1.05. The number of nitrogens with zero attached hydrogens (tertiary/aromatic N) is 1. The first-order valence-corrected chi connectivity index (χ1v) is 11.7. The molecule has 0 aliphatic carbocycles. The number of aliphatic hydroxyl groups is 2. The standard InChI is InChI=1S/C28H31ClN2O3/c1-16-7-6-8-17(2)25(16)27-30-24(28(4,5)34)14-31(27)26-18(3)11-21(12-22(26)29)19-9-10-20(15-32)23(33)13-19/h6-14,27,30,32-34H,15H2,1-5H3/t27-/m1/s1. The Labute approximate surface area is 205 Å². The zero-order valence-corrected chi connectivity index (χ0v) is 20.9. The lowest BCUT2D eigenvalue weighted by molar-refractivity contribution is 0.112. The van der Waals surface area contributed by atoms with Gasteiger partial charge in [-0.1, -0.05) is 41.9 Å². The van der Waals surface area contributed by atoms with Gasteiger partial charge in [-0.3, -0.25) is 0 Å². The molecule has 1 aliphatic heterocycles. The Bertz CT molecular complexity index is 1230. The zero-order chi connectivity index (χ0) is 24.8. The van der Waals surface area contributed by atoms with E-state index in [9.17, 15) is 15.3 Å². The molecule has 6 heteroatoms. The molecule has 0 spiro atoms. The summed E-state index contributed by atoms with van der Waals surface area (Å²) in [5, 5.41) is 34.4. The van der Waals surface area contributed by atoms with E-state index in [0.717, 1.165) is 39.1 Å². The molecule has 3 aromatic carbocycles. The van der Waals surface area contributed by atoms with Gasteiger partial charge in [-0.15, -0.1) is 0 Å². The van der Waals surface area contributed by atoms with E-state index in [2.05, 4.69) is 36.2 Å². The summed E-state index contributed by atoms with van der Waals surface area (Å²) in [5.74, 6) is 0.0504. The lowest BCUT2D eigenvalue weighted by Gasteiger charge is -2.31. The molecule has 4 N–H and O–H groups in total. The van der Waals surface area contributed by atoms with Crippen LogP contribution in [0.2, 0.25) is 5.02 Å². The van der Waals surface area contributed by atoms with Gasteiger partial charge in [-0.2, -0.15) is 0 Å². The molecule has 1 atom stereocenters. The Morgan fingerprint density at radius 3 is 2.21 bits per heavy atom. The maximum Gasteiger partial charge on any atom is 0.130 e. The van der Waals surface area contributed by atoms with Gasteiger partial charge in [0.1, 0.15) is 11.9 Å². The van der Waals surface area contributed by atoms with Crippen molar-refractivity contribution < 1.29 is 15.3 Å².